The van der Waals surface area contributed by atoms with Crippen LogP contribution in [0.15, 0.2) is 23.6 Å². The first kappa shape index (κ1) is 9.34. The van der Waals surface area contributed by atoms with Crippen molar-refractivity contribution in [2.45, 2.75) is 6.92 Å². The van der Waals surface area contributed by atoms with E-state index in [9.17, 15) is 8.78 Å². The molecule has 0 saturated heterocycles. The molecule has 1 radical (unpaired) electrons. The SMILES string of the molecule is Cc1[c]scc1-c1c(F)cccc1F. The fraction of sp³-hybridized carbons (Fsp3) is 0.0909. The van der Waals surface area contributed by atoms with Gasteiger partial charge in [-0.2, -0.15) is 0 Å². The summed E-state index contributed by atoms with van der Waals surface area (Å²) in [7, 11) is 0. The maximum absolute atomic E-state index is 13.3. The van der Waals surface area contributed by atoms with Crippen molar-refractivity contribution in [1.82, 2.24) is 0 Å². The van der Waals surface area contributed by atoms with Gasteiger partial charge in [0.2, 0.25) is 0 Å². The second kappa shape index (κ2) is 3.50. The lowest BCUT2D eigenvalue weighted by atomic mass is 10.0. The van der Waals surface area contributed by atoms with Crippen LogP contribution in [0.4, 0.5) is 8.78 Å². The molecule has 0 nitrogen and oxygen atoms in total. The Morgan fingerprint density at radius 1 is 1.21 bits per heavy atom. The normalized spacial score (nSPS) is 10.5. The Morgan fingerprint density at radius 3 is 2.36 bits per heavy atom. The summed E-state index contributed by atoms with van der Waals surface area (Å²) < 4.78 is 26.7. The van der Waals surface area contributed by atoms with Crippen LogP contribution in [-0.4, -0.2) is 0 Å². The predicted molar refractivity (Wildman–Crippen MR) is 53.2 cm³/mol. The van der Waals surface area contributed by atoms with Crippen molar-refractivity contribution in [3.05, 3.63) is 46.2 Å². The molecule has 0 bridgehead atoms. The van der Waals surface area contributed by atoms with E-state index in [4.69, 9.17) is 0 Å². The average molecular weight is 209 g/mol. The van der Waals surface area contributed by atoms with Crippen LogP contribution >= 0.6 is 11.3 Å². The molecule has 0 unspecified atom stereocenters. The van der Waals surface area contributed by atoms with Gasteiger partial charge in [-0.1, -0.05) is 6.07 Å². The molecule has 3 heteroatoms. The first-order valence-corrected chi connectivity index (χ1v) is 4.98. The van der Waals surface area contributed by atoms with E-state index in [1.807, 2.05) is 0 Å². The van der Waals surface area contributed by atoms with Crippen LogP contribution in [-0.2, 0) is 0 Å². The van der Waals surface area contributed by atoms with E-state index in [0.717, 1.165) is 5.56 Å². The first-order chi connectivity index (χ1) is 6.70. The fourth-order valence-electron chi connectivity index (χ4n) is 1.32. The van der Waals surface area contributed by atoms with Crippen molar-refractivity contribution in [2.24, 2.45) is 0 Å². The van der Waals surface area contributed by atoms with Crippen molar-refractivity contribution in [3.8, 4) is 11.1 Å². The molecule has 0 N–H and O–H groups in total. The monoisotopic (exact) mass is 209 g/mol. The van der Waals surface area contributed by atoms with Crippen molar-refractivity contribution in [1.29, 1.82) is 0 Å². The minimum Gasteiger partial charge on any atom is -0.206 e. The van der Waals surface area contributed by atoms with Gasteiger partial charge in [-0.3, -0.25) is 0 Å². The number of hydrogen-bond acceptors (Lipinski definition) is 1. The molecule has 0 fully saturated rings. The predicted octanol–water partition coefficient (Wildman–Crippen LogP) is 3.80. The molecule has 2 aromatic rings. The summed E-state index contributed by atoms with van der Waals surface area (Å²) in [6.45, 7) is 1.79. The molecule has 2 rings (SSSR count). The van der Waals surface area contributed by atoms with E-state index in [1.54, 1.807) is 12.3 Å². The van der Waals surface area contributed by atoms with Gasteiger partial charge < -0.3 is 0 Å². The Kier molecular flexibility index (Phi) is 2.33. The maximum atomic E-state index is 13.3. The smallest absolute Gasteiger partial charge is 0.134 e. The van der Waals surface area contributed by atoms with Gasteiger partial charge in [-0.15, -0.1) is 11.3 Å². The highest BCUT2D eigenvalue weighted by molar-refractivity contribution is 7.07. The van der Waals surface area contributed by atoms with E-state index >= 15 is 0 Å². The van der Waals surface area contributed by atoms with Crippen LogP contribution in [0.3, 0.4) is 0 Å². The molecule has 0 spiro atoms. The van der Waals surface area contributed by atoms with E-state index in [-0.39, 0.29) is 5.56 Å². The largest absolute Gasteiger partial charge is 0.206 e. The number of halogens is 2. The van der Waals surface area contributed by atoms with E-state index in [0.29, 0.717) is 5.56 Å². The molecule has 0 amide bonds. The van der Waals surface area contributed by atoms with Gasteiger partial charge in [0.15, 0.2) is 0 Å². The molecular formula is C11H7F2S. The lowest BCUT2D eigenvalue weighted by molar-refractivity contribution is 0.589. The highest BCUT2D eigenvalue weighted by atomic mass is 32.1. The molecule has 0 aliphatic heterocycles. The molecule has 1 aromatic heterocycles. The highest BCUT2D eigenvalue weighted by Gasteiger charge is 2.13. The Bertz CT molecular complexity index is 440. The van der Waals surface area contributed by atoms with E-state index in [2.05, 4.69) is 5.38 Å². The van der Waals surface area contributed by atoms with Crippen molar-refractivity contribution in [2.75, 3.05) is 0 Å². The van der Waals surface area contributed by atoms with Crippen LogP contribution in [0.1, 0.15) is 5.56 Å². The maximum Gasteiger partial charge on any atom is 0.134 e. The summed E-state index contributed by atoms with van der Waals surface area (Å²) in [4.78, 5) is 0. The van der Waals surface area contributed by atoms with E-state index < -0.39 is 11.6 Å². The third-order valence-electron chi connectivity index (χ3n) is 2.02. The van der Waals surface area contributed by atoms with Gasteiger partial charge in [0, 0.05) is 10.9 Å². The lowest BCUT2D eigenvalue weighted by Gasteiger charge is -2.03. The molecule has 71 valence electrons. The second-order valence-corrected chi connectivity index (χ2v) is 3.65. The van der Waals surface area contributed by atoms with Gasteiger partial charge in [-0.25, -0.2) is 8.78 Å². The summed E-state index contributed by atoms with van der Waals surface area (Å²) in [5, 5.41) is 4.64. The van der Waals surface area contributed by atoms with Crippen LogP contribution in [0.5, 0.6) is 0 Å². The summed E-state index contributed by atoms with van der Waals surface area (Å²) >= 11 is 1.32. The zero-order valence-corrected chi connectivity index (χ0v) is 8.29. The van der Waals surface area contributed by atoms with Gasteiger partial charge in [-0.05, 0) is 30.0 Å². The molecule has 0 aliphatic rings. The van der Waals surface area contributed by atoms with Gasteiger partial charge in [0.05, 0.1) is 5.56 Å². The lowest BCUT2D eigenvalue weighted by Crippen LogP contribution is -1.89. The molecule has 0 saturated carbocycles. The van der Waals surface area contributed by atoms with Crippen LogP contribution < -0.4 is 0 Å². The van der Waals surface area contributed by atoms with Crippen LogP contribution in [0.2, 0.25) is 0 Å². The fourth-order valence-corrected chi connectivity index (χ4v) is 2.08. The van der Waals surface area contributed by atoms with Gasteiger partial charge >= 0.3 is 0 Å². The number of hydrogen-bond donors (Lipinski definition) is 0. The third-order valence-corrected chi connectivity index (χ3v) is 2.80. The molecule has 1 heterocycles. The van der Waals surface area contributed by atoms with Crippen LogP contribution in [0.25, 0.3) is 11.1 Å². The zero-order valence-electron chi connectivity index (χ0n) is 7.47. The second-order valence-electron chi connectivity index (χ2n) is 2.97. The molecule has 14 heavy (non-hydrogen) atoms. The first-order valence-electron chi connectivity index (χ1n) is 4.10. The average Bonchev–Trinajstić information content (AvgIpc) is 2.52. The summed E-state index contributed by atoms with van der Waals surface area (Å²) in [5.41, 5.74) is 1.41. The number of rotatable bonds is 1. The topological polar surface area (TPSA) is 0 Å². The minimum atomic E-state index is -0.528. The number of benzene rings is 1. The van der Waals surface area contributed by atoms with E-state index in [1.165, 1.54) is 29.5 Å². The summed E-state index contributed by atoms with van der Waals surface area (Å²) in [6.07, 6.45) is 0. The summed E-state index contributed by atoms with van der Waals surface area (Å²) in [6, 6.07) is 3.88. The Morgan fingerprint density at radius 2 is 1.86 bits per heavy atom. The highest BCUT2D eigenvalue weighted by Crippen LogP contribution is 2.30. The number of thiophene rings is 1. The third kappa shape index (κ3) is 1.44. The quantitative estimate of drug-likeness (QED) is 0.670. The van der Waals surface area contributed by atoms with Gasteiger partial charge in [0.1, 0.15) is 11.6 Å². The molecule has 0 atom stereocenters. The number of aryl methyl sites for hydroxylation is 1. The molecule has 0 aliphatic carbocycles. The zero-order chi connectivity index (χ0) is 10.1. The minimum absolute atomic E-state index is 0.0440. The Labute approximate surface area is 84.8 Å². The van der Waals surface area contributed by atoms with Gasteiger partial charge in [0.25, 0.3) is 0 Å². The van der Waals surface area contributed by atoms with Crippen molar-refractivity contribution < 1.29 is 8.78 Å². The van der Waals surface area contributed by atoms with Crippen molar-refractivity contribution >= 4 is 11.3 Å². The molecular weight excluding hydrogens is 202 g/mol. The van der Waals surface area contributed by atoms with Crippen LogP contribution in [0, 0.1) is 23.9 Å². The molecule has 1 aromatic carbocycles. The Hall–Kier alpha value is -1.22. The van der Waals surface area contributed by atoms with Crippen molar-refractivity contribution in [3.63, 3.8) is 0 Å². The Balaban J connectivity index is 2.68. The standard InChI is InChI=1S/C11H7F2S/c1-7-5-14-6-8(7)11-9(12)3-2-4-10(11)13/h2-4,6H,1H3. The summed E-state index contributed by atoms with van der Waals surface area (Å²) in [5.74, 6) is -1.06.